The van der Waals surface area contributed by atoms with Crippen molar-refractivity contribution >= 4 is 23.6 Å². The van der Waals surface area contributed by atoms with Gasteiger partial charge in [-0.1, -0.05) is 45.0 Å². The first-order chi connectivity index (χ1) is 13.8. The maximum atomic E-state index is 12.2. The highest BCUT2D eigenvalue weighted by Crippen LogP contribution is 2.22. The van der Waals surface area contributed by atoms with E-state index in [1.165, 1.54) is 0 Å². The summed E-state index contributed by atoms with van der Waals surface area (Å²) < 4.78 is 5.32. The van der Waals surface area contributed by atoms with Crippen LogP contribution in [0.2, 0.25) is 0 Å². The van der Waals surface area contributed by atoms with Crippen LogP contribution in [0.5, 0.6) is 5.75 Å². The molecule has 0 aliphatic rings. The van der Waals surface area contributed by atoms with Gasteiger partial charge in [0.2, 0.25) is 5.91 Å². The van der Waals surface area contributed by atoms with E-state index in [0.29, 0.717) is 25.1 Å². The van der Waals surface area contributed by atoms with E-state index in [-0.39, 0.29) is 16.6 Å². The molecule has 0 saturated carbocycles. The highest BCUT2D eigenvalue weighted by molar-refractivity contribution is 8.00. The Balaban J connectivity index is 1.74. The van der Waals surface area contributed by atoms with E-state index in [1.807, 2.05) is 48.2 Å². The van der Waals surface area contributed by atoms with Gasteiger partial charge in [-0.2, -0.15) is 11.8 Å². The van der Waals surface area contributed by atoms with Gasteiger partial charge in [-0.05, 0) is 35.4 Å². The number of ether oxygens (including phenoxy) is 1. The molecule has 0 unspecified atom stereocenters. The van der Waals surface area contributed by atoms with Crippen molar-refractivity contribution in [2.45, 2.75) is 38.5 Å². The zero-order chi connectivity index (χ0) is 21.3. The molecule has 0 aliphatic carbocycles. The summed E-state index contributed by atoms with van der Waals surface area (Å²) in [5.41, 5.74) is 2.51. The highest BCUT2D eigenvalue weighted by Gasteiger charge is 2.11. The Morgan fingerprint density at radius 3 is 2.14 bits per heavy atom. The predicted octanol–water partition coefficient (Wildman–Crippen LogP) is 3.82. The van der Waals surface area contributed by atoms with Gasteiger partial charge in [0.15, 0.2) is 0 Å². The third-order valence-corrected chi connectivity index (χ3v) is 5.43. The quantitative estimate of drug-likeness (QED) is 0.612. The number of thioether (sulfide) groups is 1. The smallest absolute Gasteiger partial charge is 0.251 e. The van der Waals surface area contributed by atoms with Crippen molar-refractivity contribution in [2.75, 3.05) is 19.4 Å². The predicted molar refractivity (Wildman–Crippen MR) is 120 cm³/mol. The summed E-state index contributed by atoms with van der Waals surface area (Å²) in [6.45, 7) is 7.55. The largest absolute Gasteiger partial charge is 0.497 e. The van der Waals surface area contributed by atoms with Crippen molar-refractivity contribution in [1.29, 1.82) is 0 Å². The Hall–Kier alpha value is -2.47. The van der Waals surface area contributed by atoms with Crippen molar-refractivity contribution in [1.82, 2.24) is 10.6 Å². The molecule has 0 spiro atoms. The zero-order valence-electron chi connectivity index (χ0n) is 17.6. The average Bonchev–Trinajstić information content (AvgIpc) is 2.70. The van der Waals surface area contributed by atoms with Gasteiger partial charge in [0.25, 0.3) is 5.91 Å². The molecule has 0 heterocycles. The van der Waals surface area contributed by atoms with Crippen LogP contribution in [-0.2, 0) is 17.8 Å². The topological polar surface area (TPSA) is 67.4 Å². The van der Waals surface area contributed by atoms with Crippen LogP contribution in [0.4, 0.5) is 0 Å². The number of hydrogen-bond acceptors (Lipinski definition) is 4. The number of hydrogen-bond donors (Lipinski definition) is 2. The number of benzene rings is 2. The van der Waals surface area contributed by atoms with Crippen LogP contribution in [-0.4, -0.2) is 36.0 Å². The molecule has 0 radical (unpaired) electrons. The van der Waals surface area contributed by atoms with Crippen LogP contribution in [0, 0.1) is 0 Å². The van der Waals surface area contributed by atoms with Crippen LogP contribution >= 0.6 is 11.8 Å². The van der Waals surface area contributed by atoms with Gasteiger partial charge >= 0.3 is 0 Å². The first-order valence-corrected chi connectivity index (χ1v) is 10.7. The molecular weight excluding hydrogens is 384 g/mol. The SMILES string of the molecule is COc1ccc(CC(=O)NCc2ccc(C(=O)NCCSC(C)(C)C)cc2)cc1. The van der Waals surface area contributed by atoms with E-state index in [1.54, 1.807) is 19.2 Å². The molecule has 2 N–H and O–H groups in total. The molecule has 2 aromatic carbocycles. The second-order valence-corrected chi connectivity index (χ2v) is 9.64. The fraction of sp³-hybridized carbons (Fsp3) is 0.391. The number of amides is 2. The van der Waals surface area contributed by atoms with Gasteiger partial charge < -0.3 is 15.4 Å². The summed E-state index contributed by atoms with van der Waals surface area (Å²) in [6.07, 6.45) is 0.317. The summed E-state index contributed by atoms with van der Waals surface area (Å²) in [6, 6.07) is 14.8. The van der Waals surface area contributed by atoms with Gasteiger partial charge in [-0.15, -0.1) is 0 Å². The minimum absolute atomic E-state index is 0.0478. The molecule has 5 nitrogen and oxygen atoms in total. The Labute approximate surface area is 177 Å². The average molecular weight is 415 g/mol. The first-order valence-electron chi connectivity index (χ1n) is 9.67. The van der Waals surface area contributed by atoms with Crippen molar-refractivity contribution in [3.8, 4) is 5.75 Å². The summed E-state index contributed by atoms with van der Waals surface area (Å²) in [7, 11) is 1.61. The third-order valence-electron chi connectivity index (χ3n) is 4.15. The molecular formula is C23H30N2O3S. The molecule has 2 rings (SSSR count). The van der Waals surface area contributed by atoms with Crippen LogP contribution in [0.15, 0.2) is 48.5 Å². The Kier molecular flexibility index (Phi) is 8.58. The summed E-state index contributed by atoms with van der Waals surface area (Å²) in [4.78, 5) is 24.3. The van der Waals surface area contributed by atoms with E-state index in [2.05, 4.69) is 31.4 Å². The van der Waals surface area contributed by atoms with Crippen molar-refractivity contribution < 1.29 is 14.3 Å². The third kappa shape index (κ3) is 8.60. The van der Waals surface area contributed by atoms with Gasteiger partial charge in [0, 0.05) is 29.2 Å². The minimum atomic E-state index is -0.0744. The van der Waals surface area contributed by atoms with Gasteiger partial charge in [-0.25, -0.2) is 0 Å². The summed E-state index contributed by atoms with van der Waals surface area (Å²) >= 11 is 1.82. The van der Waals surface area contributed by atoms with E-state index in [0.717, 1.165) is 22.6 Å². The molecule has 0 saturated heterocycles. The number of methoxy groups -OCH3 is 1. The van der Waals surface area contributed by atoms with Crippen LogP contribution in [0.25, 0.3) is 0 Å². The normalized spacial score (nSPS) is 11.0. The summed E-state index contributed by atoms with van der Waals surface area (Å²) in [5.74, 6) is 1.53. The number of carbonyl (C=O) groups is 2. The van der Waals surface area contributed by atoms with Crippen molar-refractivity contribution in [2.24, 2.45) is 0 Å². The number of rotatable bonds is 9. The molecule has 29 heavy (non-hydrogen) atoms. The second kappa shape index (κ2) is 10.9. The van der Waals surface area contributed by atoms with E-state index >= 15 is 0 Å². The molecule has 0 fully saturated rings. The molecule has 6 heteroatoms. The number of nitrogens with one attached hydrogen (secondary N) is 2. The number of carbonyl (C=O) groups excluding carboxylic acids is 2. The van der Waals surface area contributed by atoms with E-state index in [4.69, 9.17) is 4.74 Å². The van der Waals surface area contributed by atoms with Gasteiger partial charge in [0.05, 0.1) is 13.5 Å². The Bertz CT molecular complexity index is 796. The maximum Gasteiger partial charge on any atom is 0.251 e. The standard InChI is InChI=1S/C23H30N2O3S/c1-23(2,3)29-14-13-24-22(27)19-9-5-18(6-10-19)16-25-21(26)15-17-7-11-20(28-4)12-8-17/h5-12H,13-16H2,1-4H3,(H,24,27)(H,25,26). The molecule has 0 bridgehead atoms. The van der Waals surface area contributed by atoms with Crippen LogP contribution in [0.3, 0.4) is 0 Å². The lowest BCUT2D eigenvalue weighted by Gasteiger charge is -2.17. The molecule has 0 atom stereocenters. The van der Waals surface area contributed by atoms with Gasteiger partial charge in [0.1, 0.15) is 5.75 Å². The molecule has 0 aliphatic heterocycles. The molecule has 156 valence electrons. The fourth-order valence-corrected chi connectivity index (χ4v) is 3.41. The van der Waals surface area contributed by atoms with E-state index in [9.17, 15) is 9.59 Å². The Morgan fingerprint density at radius 2 is 1.55 bits per heavy atom. The minimum Gasteiger partial charge on any atom is -0.497 e. The maximum absolute atomic E-state index is 12.2. The Morgan fingerprint density at radius 1 is 0.931 bits per heavy atom. The van der Waals surface area contributed by atoms with Crippen LogP contribution < -0.4 is 15.4 Å². The zero-order valence-corrected chi connectivity index (χ0v) is 18.4. The van der Waals surface area contributed by atoms with Gasteiger partial charge in [-0.3, -0.25) is 9.59 Å². The molecule has 2 aromatic rings. The highest BCUT2D eigenvalue weighted by atomic mass is 32.2. The lowest BCUT2D eigenvalue weighted by molar-refractivity contribution is -0.120. The summed E-state index contributed by atoms with van der Waals surface area (Å²) in [5, 5.41) is 5.85. The first kappa shape index (κ1) is 22.8. The van der Waals surface area contributed by atoms with Crippen molar-refractivity contribution in [3.63, 3.8) is 0 Å². The lowest BCUT2D eigenvalue weighted by Crippen LogP contribution is -2.27. The molecule has 0 aromatic heterocycles. The monoisotopic (exact) mass is 414 g/mol. The van der Waals surface area contributed by atoms with E-state index < -0.39 is 0 Å². The fourth-order valence-electron chi connectivity index (χ4n) is 2.59. The lowest BCUT2D eigenvalue weighted by atomic mass is 10.1. The van der Waals surface area contributed by atoms with Crippen molar-refractivity contribution in [3.05, 3.63) is 65.2 Å². The second-order valence-electron chi connectivity index (χ2n) is 7.72. The van der Waals surface area contributed by atoms with Crippen LogP contribution in [0.1, 0.15) is 42.3 Å². The molecule has 2 amide bonds.